The third-order valence-corrected chi connectivity index (χ3v) is 5.35. The van der Waals surface area contributed by atoms with Crippen molar-refractivity contribution in [3.05, 3.63) is 54.1 Å². The van der Waals surface area contributed by atoms with Gasteiger partial charge in [0.15, 0.2) is 11.5 Å². The minimum Gasteiger partial charge on any atom is -0.454 e. The molecular formula is C17H20N2O4S. The Morgan fingerprint density at radius 2 is 1.79 bits per heavy atom. The molecule has 2 aromatic carbocycles. The van der Waals surface area contributed by atoms with Crippen LogP contribution in [0.3, 0.4) is 0 Å². The molecule has 1 aliphatic heterocycles. The number of likely N-dealkylation sites (N-methyl/N-ethyl adjacent to an activating group) is 1. The van der Waals surface area contributed by atoms with E-state index in [1.54, 1.807) is 6.07 Å². The zero-order chi connectivity index (χ0) is 17.2. The van der Waals surface area contributed by atoms with E-state index in [1.165, 1.54) is 12.1 Å². The van der Waals surface area contributed by atoms with Crippen molar-refractivity contribution in [2.24, 2.45) is 0 Å². The number of nitrogens with zero attached hydrogens (tertiary/aromatic N) is 1. The van der Waals surface area contributed by atoms with Gasteiger partial charge in [0.2, 0.25) is 16.8 Å². The molecule has 128 valence electrons. The monoisotopic (exact) mass is 348 g/mol. The molecule has 6 nitrogen and oxygen atoms in total. The van der Waals surface area contributed by atoms with Crippen molar-refractivity contribution in [3.63, 3.8) is 0 Å². The standard InChI is InChI=1S/C17H20N2O4S/c1-19(2)15(13-6-4-3-5-7-13)11-18-24(20,21)14-8-9-16-17(10-14)23-12-22-16/h3-10,15,18H,11-12H2,1-2H3/t15-/m1/s1. The highest BCUT2D eigenvalue weighted by Crippen LogP contribution is 2.33. The van der Waals surface area contributed by atoms with Crippen molar-refractivity contribution in [2.45, 2.75) is 10.9 Å². The van der Waals surface area contributed by atoms with Gasteiger partial charge in [-0.05, 0) is 31.8 Å². The number of sulfonamides is 1. The maximum atomic E-state index is 12.6. The lowest BCUT2D eigenvalue weighted by Crippen LogP contribution is -2.34. The quantitative estimate of drug-likeness (QED) is 0.865. The van der Waals surface area contributed by atoms with Gasteiger partial charge in [-0.2, -0.15) is 0 Å². The number of benzene rings is 2. The molecule has 1 heterocycles. The van der Waals surface area contributed by atoms with Crippen molar-refractivity contribution < 1.29 is 17.9 Å². The van der Waals surface area contributed by atoms with E-state index < -0.39 is 10.0 Å². The van der Waals surface area contributed by atoms with Crippen LogP contribution in [-0.4, -0.2) is 40.8 Å². The SMILES string of the molecule is CN(C)[C@H](CNS(=O)(=O)c1ccc2c(c1)OCO2)c1ccccc1. The Bertz CT molecular complexity index is 807. The lowest BCUT2D eigenvalue weighted by atomic mass is 10.1. The Kier molecular flexibility index (Phi) is 4.75. The molecule has 1 N–H and O–H groups in total. The Balaban J connectivity index is 1.76. The van der Waals surface area contributed by atoms with Crippen LogP contribution in [0.4, 0.5) is 0 Å². The largest absolute Gasteiger partial charge is 0.454 e. The molecule has 0 aliphatic carbocycles. The van der Waals surface area contributed by atoms with Crippen molar-refractivity contribution in [3.8, 4) is 11.5 Å². The first kappa shape index (κ1) is 16.8. The molecule has 1 atom stereocenters. The molecule has 0 saturated carbocycles. The molecule has 24 heavy (non-hydrogen) atoms. The van der Waals surface area contributed by atoms with E-state index in [0.29, 0.717) is 11.5 Å². The van der Waals surface area contributed by atoms with Crippen LogP contribution in [0, 0.1) is 0 Å². The summed E-state index contributed by atoms with van der Waals surface area (Å²) >= 11 is 0. The summed E-state index contributed by atoms with van der Waals surface area (Å²) in [4.78, 5) is 2.15. The maximum absolute atomic E-state index is 12.6. The molecular weight excluding hydrogens is 328 g/mol. The summed E-state index contributed by atoms with van der Waals surface area (Å²) in [6.07, 6.45) is 0. The normalized spacial score (nSPS) is 14.8. The molecule has 0 radical (unpaired) electrons. The third-order valence-electron chi connectivity index (χ3n) is 3.93. The van der Waals surface area contributed by atoms with E-state index in [0.717, 1.165) is 5.56 Å². The van der Waals surface area contributed by atoms with E-state index in [1.807, 2.05) is 49.3 Å². The van der Waals surface area contributed by atoms with Crippen LogP contribution in [-0.2, 0) is 10.0 Å². The minimum absolute atomic E-state index is 0.0602. The van der Waals surface area contributed by atoms with Crippen LogP contribution in [0.1, 0.15) is 11.6 Å². The predicted octanol–water partition coefficient (Wildman–Crippen LogP) is 2.00. The number of rotatable bonds is 6. The van der Waals surface area contributed by atoms with Crippen LogP contribution < -0.4 is 14.2 Å². The Morgan fingerprint density at radius 3 is 2.50 bits per heavy atom. The van der Waals surface area contributed by atoms with Crippen molar-refractivity contribution in [2.75, 3.05) is 27.4 Å². The molecule has 7 heteroatoms. The number of nitrogens with one attached hydrogen (secondary N) is 1. The molecule has 0 fully saturated rings. The third kappa shape index (κ3) is 3.53. The summed E-state index contributed by atoms with van der Waals surface area (Å²) in [5.74, 6) is 1.01. The molecule has 0 unspecified atom stereocenters. The number of hydrogen-bond donors (Lipinski definition) is 1. The van der Waals surface area contributed by atoms with Gasteiger partial charge in [0.25, 0.3) is 0 Å². The summed E-state index contributed by atoms with van der Waals surface area (Å²) in [6.45, 7) is 0.386. The predicted molar refractivity (Wildman–Crippen MR) is 90.6 cm³/mol. The van der Waals surface area contributed by atoms with Gasteiger partial charge < -0.3 is 14.4 Å². The topological polar surface area (TPSA) is 67.9 Å². The average Bonchev–Trinajstić information content (AvgIpc) is 3.03. The second-order valence-electron chi connectivity index (χ2n) is 5.76. The van der Waals surface area contributed by atoms with Crippen molar-refractivity contribution >= 4 is 10.0 Å². The summed E-state index contributed by atoms with van der Waals surface area (Å²) < 4.78 is 38.3. The van der Waals surface area contributed by atoms with Crippen LogP contribution in [0.15, 0.2) is 53.4 Å². The van der Waals surface area contributed by atoms with Crippen molar-refractivity contribution in [1.29, 1.82) is 0 Å². The first-order chi connectivity index (χ1) is 11.5. The van der Waals surface area contributed by atoms with Gasteiger partial charge in [-0.3, -0.25) is 0 Å². The van der Waals surface area contributed by atoms with Gasteiger partial charge in [0, 0.05) is 18.7 Å². The van der Waals surface area contributed by atoms with Crippen LogP contribution in [0.2, 0.25) is 0 Å². The van der Waals surface area contributed by atoms with Crippen molar-refractivity contribution in [1.82, 2.24) is 9.62 Å². The Labute approximate surface area is 142 Å². The molecule has 3 rings (SSSR count). The zero-order valence-corrected chi connectivity index (χ0v) is 14.4. The number of ether oxygens (including phenoxy) is 2. The molecule has 0 saturated heterocycles. The highest BCUT2D eigenvalue weighted by molar-refractivity contribution is 7.89. The summed E-state index contributed by atoms with van der Waals surface area (Å²) in [7, 11) is 0.216. The lowest BCUT2D eigenvalue weighted by Gasteiger charge is -2.25. The summed E-state index contributed by atoms with van der Waals surface area (Å²) in [5, 5.41) is 0. The van der Waals surface area contributed by atoms with E-state index in [4.69, 9.17) is 9.47 Å². The van der Waals surface area contributed by atoms with E-state index >= 15 is 0 Å². The summed E-state index contributed by atoms with van der Waals surface area (Å²) in [5.41, 5.74) is 1.05. The molecule has 0 aromatic heterocycles. The van der Waals surface area contributed by atoms with Gasteiger partial charge >= 0.3 is 0 Å². The van der Waals surface area contributed by atoms with Gasteiger partial charge in [-0.25, -0.2) is 13.1 Å². The summed E-state index contributed by atoms with van der Waals surface area (Å²) in [6, 6.07) is 14.3. The van der Waals surface area contributed by atoms with Crippen LogP contribution in [0.5, 0.6) is 11.5 Å². The highest BCUT2D eigenvalue weighted by atomic mass is 32.2. The number of hydrogen-bond acceptors (Lipinski definition) is 5. The van der Waals surface area contributed by atoms with E-state index in [9.17, 15) is 8.42 Å². The molecule has 0 bridgehead atoms. The van der Waals surface area contributed by atoms with Gasteiger partial charge in [0.05, 0.1) is 4.90 Å². The molecule has 1 aliphatic rings. The maximum Gasteiger partial charge on any atom is 0.240 e. The minimum atomic E-state index is -3.63. The fraction of sp³-hybridized carbons (Fsp3) is 0.294. The fourth-order valence-corrected chi connectivity index (χ4v) is 3.64. The molecule has 0 amide bonds. The van der Waals surface area contributed by atoms with E-state index in [2.05, 4.69) is 4.72 Å². The average molecular weight is 348 g/mol. The Hall–Kier alpha value is -2.09. The molecule has 0 spiro atoms. The van der Waals surface area contributed by atoms with Crippen LogP contribution >= 0.6 is 0 Å². The van der Waals surface area contributed by atoms with Gasteiger partial charge in [0.1, 0.15) is 0 Å². The first-order valence-corrected chi connectivity index (χ1v) is 9.06. The van der Waals surface area contributed by atoms with E-state index in [-0.39, 0.29) is 24.3 Å². The second kappa shape index (κ2) is 6.80. The highest BCUT2D eigenvalue weighted by Gasteiger charge is 2.22. The lowest BCUT2D eigenvalue weighted by molar-refractivity contribution is 0.174. The Morgan fingerprint density at radius 1 is 1.08 bits per heavy atom. The van der Waals surface area contributed by atoms with Gasteiger partial charge in [-0.1, -0.05) is 30.3 Å². The fourth-order valence-electron chi connectivity index (χ4n) is 2.59. The van der Waals surface area contributed by atoms with Gasteiger partial charge in [-0.15, -0.1) is 0 Å². The van der Waals surface area contributed by atoms with Crippen LogP contribution in [0.25, 0.3) is 0 Å². The molecule has 2 aromatic rings. The smallest absolute Gasteiger partial charge is 0.240 e. The second-order valence-corrected chi connectivity index (χ2v) is 7.52. The first-order valence-electron chi connectivity index (χ1n) is 7.58. The number of fused-ring (bicyclic) bond motifs is 1. The zero-order valence-electron chi connectivity index (χ0n) is 13.6.